The normalized spacial score (nSPS) is 11.7. The number of urea groups is 1. The Morgan fingerprint density at radius 3 is 2.29 bits per heavy atom. The predicted octanol–water partition coefficient (Wildman–Crippen LogP) is 2.42. The molecule has 0 bridgehead atoms. The van der Waals surface area contributed by atoms with Gasteiger partial charge in [0.1, 0.15) is 5.82 Å². The number of amides is 2. The highest BCUT2D eigenvalue weighted by atomic mass is 19.1. The number of benzene rings is 2. The van der Waals surface area contributed by atoms with E-state index >= 15 is 0 Å². The van der Waals surface area contributed by atoms with Crippen molar-refractivity contribution in [2.75, 3.05) is 25.5 Å². The Hall–Kier alpha value is -2.60. The van der Waals surface area contributed by atoms with Gasteiger partial charge in [-0.2, -0.15) is 0 Å². The van der Waals surface area contributed by atoms with Gasteiger partial charge in [0.25, 0.3) is 0 Å². The molecule has 128 valence electrons. The Balaban J connectivity index is 1.77. The lowest BCUT2D eigenvalue weighted by atomic mass is 10.1. The van der Waals surface area contributed by atoms with E-state index < -0.39 is 6.10 Å². The zero-order valence-corrected chi connectivity index (χ0v) is 13.8. The summed E-state index contributed by atoms with van der Waals surface area (Å²) in [4.78, 5) is 13.7. The predicted molar refractivity (Wildman–Crippen MR) is 92.4 cm³/mol. The lowest BCUT2D eigenvalue weighted by Gasteiger charge is -2.16. The van der Waals surface area contributed by atoms with Gasteiger partial charge in [0.2, 0.25) is 0 Å². The SMILES string of the molecule is CN(C)c1ccc([C@H](O)CNC(=O)NCc2ccc(F)cc2)cc1. The average molecular weight is 331 g/mol. The van der Waals surface area contributed by atoms with Crippen LogP contribution in [0.25, 0.3) is 0 Å². The summed E-state index contributed by atoms with van der Waals surface area (Å²) >= 11 is 0. The number of nitrogens with one attached hydrogen (secondary N) is 2. The third-order valence-electron chi connectivity index (χ3n) is 3.62. The van der Waals surface area contributed by atoms with Gasteiger partial charge >= 0.3 is 6.03 Å². The zero-order valence-electron chi connectivity index (χ0n) is 13.8. The Bertz CT molecular complexity index is 657. The van der Waals surface area contributed by atoms with E-state index in [1.165, 1.54) is 12.1 Å². The van der Waals surface area contributed by atoms with Crippen molar-refractivity contribution in [2.24, 2.45) is 0 Å². The highest BCUT2D eigenvalue weighted by molar-refractivity contribution is 5.73. The van der Waals surface area contributed by atoms with E-state index in [9.17, 15) is 14.3 Å². The third-order valence-corrected chi connectivity index (χ3v) is 3.62. The minimum Gasteiger partial charge on any atom is -0.387 e. The Labute approximate surface area is 141 Å². The molecule has 1 atom stereocenters. The van der Waals surface area contributed by atoms with E-state index in [1.54, 1.807) is 12.1 Å². The van der Waals surface area contributed by atoms with Gasteiger partial charge in [-0.25, -0.2) is 9.18 Å². The van der Waals surface area contributed by atoms with Gasteiger partial charge in [-0.05, 0) is 35.4 Å². The zero-order chi connectivity index (χ0) is 17.5. The van der Waals surface area contributed by atoms with E-state index in [0.717, 1.165) is 16.8 Å². The molecule has 2 aromatic carbocycles. The minimum absolute atomic E-state index is 0.108. The van der Waals surface area contributed by atoms with Crippen LogP contribution in [0.1, 0.15) is 17.2 Å². The van der Waals surface area contributed by atoms with Gasteiger partial charge in [-0.3, -0.25) is 0 Å². The molecule has 0 aliphatic carbocycles. The summed E-state index contributed by atoms with van der Waals surface area (Å²) in [5, 5.41) is 15.4. The van der Waals surface area contributed by atoms with Gasteiger partial charge in [-0.1, -0.05) is 24.3 Å². The quantitative estimate of drug-likeness (QED) is 0.762. The molecule has 0 aromatic heterocycles. The monoisotopic (exact) mass is 331 g/mol. The number of carbonyl (C=O) groups is 1. The Morgan fingerprint density at radius 2 is 1.71 bits per heavy atom. The van der Waals surface area contributed by atoms with Crippen LogP contribution in [-0.4, -0.2) is 31.8 Å². The Morgan fingerprint density at radius 1 is 1.08 bits per heavy atom. The summed E-state index contributed by atoms with van der Waals surface area (Å²) in [6, 6.07) is 13.0. The smallest absolute Gasteiger partial charge is 0.315 e. The number of carbonyl (C=O) groups excluding carboxylic acids is 1. The average Bonchev–Trinajstić information content (AvgIpc) is 2.59. The second-order valence-electron chi connectivity index (χ2n) is 5.69. The van der Waals surface area contributed by atoms with Crippen LogP contribution in [0.15, 0.2) is 48.5 Å². The van der Waals surface area contributed by atoms with Crippen molar-refractivity contribution in [2.45, 2.75) is 12.6 Å². The van der Waals surface area contributed by atoms with E-state index in [4.69, 9.17) is 0 Å². The van der Waals surface area contributed by atoms with E-state index in [1.807, 2.05) is 43.3 Å². The van der Waals surface area contributed by atoms with Gasteiger partial charge in [0.15, 0.2) is 0 Å². The fraction of sp³-hybridized carbons (Fsp3) is 0.278. The first kappa shape index (κ1) is 17.7. The van der Waals surface area contributed by atoms with Crippen molar-refractivity contribution in [3.63, 3.8) is 0 Å². The van der Waals surface area contributed by atoms with Crippen molar-refractivity contribution in [1.29, 1.82) is 0 Å². The highest BCUT2D eigenvalue weighted by Gasteiger charge is 2.09. The number of hydrogen-bond acceptors (Lipinski definition) is 3. The molecule has 2 amide bonds. The van der Waals surface area contributed by atoms with Crippen LogP contribution in [0.2, 0.25) is 0 Å². The maximum atomic E-state index is 12.8. The molecule has 0 aliphatic rings. The molecule has 2 aromatic rings. The molecule has 0 radical (unpaired) electrons. The third kappa shape index (κ3) is 5.24. The van der Waals surface area contributed by atoms with E-state index in [-0.39, 0.29) is 18.4 Å². The molecule has 0 unspecified atom stereocenters. The van der Waals surface area contributed by atoms with Crippen LogP contribution in [0, 0.1) is 5.82 Å². The first-order valence-corrected chi connectivity index (χ1v) is 7.67. The molecular formula is C18H22FN3O2. The molecule has 2 rings (SSSR count). The topological polar surface area (TPSA) is 64.6 Å². The number of rotatable bonds is 6. The van der Waals surface area contributed by atoms with Gasteiger partial charge in [0.05, 0.1) is 6.10 Å². The number of hydrogen-bond donors (Lipinski definition) is 3. The number of anilines is 1. The largest absolute Gasteiger partial charge is 0.387 e. The standard InChI is InChI=1S/C18H22FN3O2/c1-22(2)16-9-5-14(6-10-16)17(23)12-21-18(24)20-11-13-3-7-15(19)8-4-13/h3-10,17,23H,11-12H2,1-2H3,(H2,20,21,24)/t17-/m1/s1. The van der Waals surface area contributed by atoms with Crippen molar-refractivity contribution in [3.8, 4) is 0 Å². The number of aliphatic hydroxyl groups excluding tert-OH is 1. The van der Waals surface area contributed by atoms with Crippen LogP contribution in [0.5, 0.6) is 0 Å². The summed E-state index contributed by atoms with van der Waals surface area (Å²) in [6.07, 6.45) is -0.780. The fourth-order valence-corrected chi connectivity index (χ4v) is 2.15. The van der Waals surface area contributed by atoms with Crippen LogP contribution in [-0.2, 0) is 6.54 Å². The van der Waals surface area contributed by atoms with Crippen LogP contribution in [0.4, 0.5) is 14.9 Å². The maximum Gasteiger partial charge on any atom is 0.315 e. The molecule has 0 saturated heterocycles. The van der Waals surface area contributed by atoms with Gasteiger partial charge < -0.3 is 20.6 Å². The van der Waals surface area contributed by atoms with Crippen LogP contribution >= 0.6 is 0 Å². The lowest BCUT2D eigenvalue weighted by molar-refractivity contribution is 0.173. The second-order valence-corrected chi connectivity index (χ2v) is 5.69. The number of halogens is 1. The van der Waals surface area contributed by atoms with Crippen molar-refractivity contribution in [3.05, 3.63) is 65.5 Å². The molecule has 0 spiro atoms. The molecule has 6 heteroatoms. The summed E-state index contributed by atoms with van der Waals surface area (Å²) in [6.45, 7) is 0.399. The molecule has 0 fully saturated rings. The molecule has 0 aliphatic heterocycles. The summed E-state index contributed by atoms with van der Waals surface area (Å²) in [5.41, 5.74) is 2.57. The maximum absolute atomic E-state index is 12.8. The lowest BCUT2D eigenvalue weighted by Crippen LogP contribution is -2.37. The van der Waals surface area contributed by atoms with Crippen molar-refractivity contribution < 1.29 is 14.3 Å². The second kappa shape index (κ2) is 8.31. The van der Waals surface area contributed by atoms with Crippen molar-refractivity contribution in [1.82, 2.24) is 10.6 Å². The van der Waals surface area contributed by atoms with Gasteiger partial charge in [0, 0.05) is 32.9 Å². The summed E-state index contributed by atoms with van der Waals surface area (Å²) < 4.78 is 12.8. The first-order valence-electron chi connectivity index (χ1n) is 7.67. The molecule has 0 heterocycles. The van der Waals surface area contributed by atoms with E-state index in [0.29, 0.717) is 6.54 Å². The van der Waals surface area contributed by atoms with E-state index in [2.05, 4.69) is 10.6 Å². The van der Waals surface area contributed by atoms with Crippen molar-refractivity contribution >= 4 is 11.7 Å². The first-order chi connectivity index (χ1) is 11.5. The molecule has 0 saturated carbocycles. The molecule has 24 heavy (non-hydrogen) atoms. The number of aliphatic hydroxyl groups is 1. The molecule has 5 nitrogen and oxygen atoms in total. The van der Waals surface area contributed by atoms with Gasteiger partial charge in [-0.15, -0.1) is 0 Å². The summed E-state index contributed by atoms with van der Waals surface area (Å²) in [7, 11) is 3.89. The number of nitrogens with zero attached hydrogens (tertiary/aromatic N) is 1. The van der Waals surface area contributed by atoms with Crippen LogP contribution in [0.3, 0.4) is 0 Å². The highest BCUT2D eigenvalue weighted by Crippen LogP contribution is 2.17. The fourth-order valence-electron chi connectivity index (χ4n) is 2.15. The summed E-state index contributed by atoms with van der Waals surface area (Å²) in [5.74, 6) is -0.313. The van der Waals surface area contributed by atoms with Crippen LogP contribution < -0.4 is 15.5 Å². The molecular weight excluding hydrogens is 309 g/mol. The Kier molecular flexibility index (Phi) is 6.14. The molecule has 3 N–H and O–H groups in total. The minimum atomic E-state index is -0.780.